The maximum atomic E-state index is 12.7. The van der Waals surface area contributed by atoms with Gasteiger partial charge in [-0.3, -0.25) is 4.79 Å². The molecule has 0 aliphatic heterocycles. The van der Waals surface area contributed by atoms with Crippen molar-refractivity contribution in [3.63, 3.8) is 0 Å². The maximum Gasteiger partial charge on any atom is 0.335 e. The number of aromatic carboxylic acids is 1. The molecule has 132 valence electrons. The highest BCUT2D eigenvalue weighted by atomic mass is 16.5. The molecule has 1 aromatic rings. The van der Waals surface area contributed by atoms with E-state index in [1.54, 1.807) is 24.3 Å². The van der Waals surface area contributed by atoms with Gasteiger partial charge < -0.3 is 15.2 Å². The van der Waals surface area contributed by atoms with Gasteiger partial charge in [-0.15, -0.1) is 0 Å². The molecule has 2 rings (SSSR count). The maximum absolute atomic E-state index is 12.7. The van der Waals surface area contributed by atoms with E-state index >= 15 is 0 Å². The molecule has 0 aromatic heterocycles. The summed E-state index contributed by atoms with van der Waals surface area (Å²) < 4.78 is 5.45. The average molecular weight is 333 g/mol. The van der Waals surface area contributed by atoms with Gasteiger partial charge in [0.05, 0.1) is 11.0 Å². The van der Waals surface area contributed by atoms with Crippen LogP contribution < -0.4 is 5.32 Å². The molecule has 1 saturated carbocycles. The Hall–Kier alpha value is -1.88. The zero-order valence-electron chi connectivity index (χ0n) is 14.3. The first-order valence-electron chi connectivity index (χ1n) is 8.76. The lowest BCUT2D eigenvalue weighted by Gasteiger charge is -2.27. The zero-order chi connectivity index (χ0) is 17.4. The second-order valence-corrected chi connectivity index (χ2v) is 6.44. The molecular formula is C19H27NO4. The number of ether oxygens (including phenoxy) is 1. The molecule has 1 aliphatic carbocycles. The quantitative estimate of drug-likeness (QED) is 0.681. The van der Waals surface area contributed by atoms with Gasteiger partial charge in [0.2, 0.25) is 5.91 Å². The summed E-state index contributed by atoms with van der Waals surface area (Å²) in [6.45, 7) is 3.86. The van der Waals surface area contributed by atoms with Crippen molar-refractivity contribution in [3.8, 4) is 0 Å². The van der Waals surface area contributed by atoms with Gasteiger partial charge in [0.15, 0.2) is 0 Å². The first-order valence-corrected chi connectivity index (χ1v) is 8.76. The van der Waals surface area contributed by atoms with Crippen molar-refractivity contribution in [2.24, 2.45) is 5.41 Å². The predicted octanol–water partition coefficient (Wildman–Crippen LogP) is 3.03. The Morgan fingerprint density at radius 2 is 1.88 bits per heavy atom. The predicted molar refractivity (Wildman–Crippen MR) is 92.1 cm³/mol. The van der Waals surface area contributed by atoms with Gasteiger partial charge >= 0.3 is 5.97 Å². The smallest absolute Gasteiger partial charge is 0.335 e. The van der Waals surface area contributed by atoms with Gasteiger partial charge in [0, 0.05) is 19.8 Å². The standard InChI is InChI=1S/C19H27NO4/c1-2-24-14-12-19(10-3-4-11-19)18(23)20-13-9-15-5-7-16(8-6-15)17(21)22/h5-8H,2-4,9-14H2,1H3,(H,20,23)(H,21,22). The molecule has 5 nitrogen and oxygen atoms in total. The molecular weight excluding hydrogens is 306 g/mol. The topological polar surface area (TPSA) is 75.6 Å². The molecule has 0 saturated heterocycles. The molecule has 0 unspecified atom stereocenters. The van der Waals surface area contributed by atoms with Crippen LogP contribution in [0.2, 0.25) is 0 Å². The minimum atomic E-state index is -0.924. The third-order valence-electron chi connectivity index (χ3n) is 4.87. The third kappa shape index (κ3) is 4.81. The van der Waals surface area contributed by atoms with E-state index in [4.69, 9.17) is 9.84 Å². The van der Waals surface area contributed by atoms with Crippen molar-refractivity contribution < 1.29 is 19.4 Å². The Bertz CT molecular complexity index is 547. The van der Waals surface area contributed by atoms with Crippen LogP contribution in [0.4, 0.5) is 0 Å². The Morgan fingerprint density at radius 1 is 1.21 bits per heavy atom. The van der Waals surface area contributed by atoms with Crippen LogP contribution in [0.15, 0.2) is 24.3 Å². The Balaban J connectivity index is 1.83. The van der Waals surface area contributed by atoms with E-state index in [1.807, 2.05) is 6.92 Å². The molecule has 1 fully saturated rings. The van der Waals surface area contributed by atoms with Gasteiger partial charge in [-0.25, -0.2) is 4.79 Å². The van der Waals surface area contributed by atoms with E-state index in [2.05, 4.69) is 5.32 Å². The number of hydrogen-bond donors (Lipinski definition) is 2. The summed E-state index contributed by atoms with van der Waals surface area (Å²) in [6, 6.07) is 6.80. The number of benzene rings is 1. The van der Waals surface area contributed by atoms with Crippen molar-refractivity contribution in [2.45, 2.75) is 45.4 Å². The SMILES string of the molecule is CCOCCC1(C(=O)NCCc2ccc(C(=O)O)cc2)CCCC1. The van der Waals surface area contributed by atoms with Gasteiger partial charge in [-0.05, 0) is 50.3 Å². The minimum Gasteiger partial charge on any atom is -0.478 e. The van der Waals surface area contributed by atoms with Crippen LogP contribution in [0.1, 0.15) is 54.9 Å². The highest BCUT2D eigenvalue weighted by molar-refractivity contribution is 5.87. The molecule has 0 atom stereocenters. The first kappa shape index (κ1) is 18.5. The fraction of sp³-hybridized carbons (Fsp3) is 0.579. The first-order chi connectivity index (χ1) is 11.6. The van der Waals surface area contributed by atoms with E-state index in [0.29, 0.717) is 26.2 Å². The van der Waals surface area contributed by atoms with Gasteiger partial charge in [-0.2, -0.15) is 0 Å². The second-order valence-electron chi connectivity index (χ2n) is 6.44. The summed E-state index contributed by atoms with van der Waals surface area (Å²) in [5.74, 6) is -0.783. The fourth-order valence-electron chi connectivity index (χ4n) is 3.38. The van der Waals surface area contributed by atoms with Crippen molar-refractivity contribution in [3.05, 3.63) is 35.4 Å². The molecule has 1 aliphatic rings. The Kier molecular flexibility index (Phi) is 6.79. The lowest BCUT2D eigenvalue weighted by Crippen LogP contribution is -2.40. The summed E-state index contributed by atoms with van der Waals surface area (Å²) in [7, 11) is 0. The fourth-order valence-corrected chi connectivity index (χ4v) is 3.38. The van der Waals surface area contributed by atoms with E-state index in [-0.39, 0.29) is 16.9 Å². The third-order valence-corrected chi connectivity index (χ3v) is 4.87. The molecule has 0 heterocycles. The summed E-state index contributed by atoms with van der Waals surface area (Å²) in [5, 5.41) is 12.0. The number of carboxylic acids is 1. The summed E-state index contributed by atoms with van der Waals surface area (Å²) in [6.07, 6.45) is 5.60. The van der Waals surface area contributed by atoms with Crippen molar-refractivity contribution in [2.75, 3.05) is 19.8 Å². The number of carbonyl (C=O) groups is 2. The largest absolute Gasteiger partial charge is 0.478 e. The van der Waals surface area contributed by atoms with Crippen LogP contribution in [-0.4, -0.2) is 36.7 Å². The van der Waals surface area contributed by atoms with Gasteiger partial charge in [-0.1, -0.05) is 25.0 Å². The lowest BCUT2D eigenvalue weighted by atomic mass is 9.82. The average Bonchev–Trinajstić information content (AvgIpc) is 3.05. The molecule has 0 bridgehead atoms. The van der Waals surface area contributed by atoms with E-state index in [9.17, 15) is 9.59 Å². The van der Waals surface area contributed by atoms with Gasteiger partial charge in [0.25, 0.3) is 0 Å². The monoisotopic (exact) mass is 333 g/mol. The van der Waals surface area contributed by atoms with Crippen molar-refractivity contribution >= 4 is 11.9 Å². The van der Waals surface area contributed by atoms with Crippen LogP contribution in [-0.2, 0) is 16.0 Å². The Morgan fingerprint density at radius 3 is 2.46 bits per heavy atom. The summed E-state index contributed by atoms with van der Waals surface area (Å²) >= 11 is 0. The highest BCUT2D eigenvalue weighted by Crippen LogP contribution is 2.41. The number of amides is 1. The summed E-state index contributed by atoms with van der Waals surface area (Å²) in [4.78, 5) is 23.5. The van der Waals surface area contributed by atoms with Crippen LogP contribution in [0.25, 0.3) is 0 Å². The van der Waals surface area contributed by atoms with Crippen LogP contribution >= 0.6 is 0 Å². The number of carboxylic acid groups (broad SMARTS) is 1. The van der Waals surface area contributed by atoms with Gasteiger partial charge in [0.1, 0.15) is 0 Å². The Labute approximate surface area is 143 Å². The molecule has 5 heteroatoms. The van der Waals surface area contributed by atoms with Crippen LogP contribution in [0.3, 0.4) is 0 Å². The van der Waals surface area contributed by atoms with Crippen molar-refractivity contribution in [1.29, 1.82) is 0 Å². The molecule has 0 radical (unpaired) electrons. The van der Waals surface area contributed by atoms with Crippen molar-refractivity contribution in [1.82, 2.24) is 5.32 Å². The number of hydrogen-bond acceptors (Lipinski definition) is 3. The van der Waals surface area contributed by atoms with E-state index in [1.165, 1.54) is 0 Å². The normalized spacial score (nSPS) is 16.0. The molecule has 24 heavy (non-hydrogen) atoms. The lowest BCUT2D eigenvalue weighted by molar-refractivity contribution is -0.132. The second kappa shape index (κ2) is 8.83. The van der Waals surface area contributed by atoms with Crippen LogP contribution in [0.5, 0.6) is 0 Å². The number of carbonyl (C=O) groups excluding carboxylic acids is 1. The number of rotatable bonds is 9. The minimum absolute atomic E-state index is 0.141. The van der Waals surface area contributed by atoms with E-state index < -0.39 is 5.97 Å². The highest BCUT2D eigenvalue weighted by Gasteiger charge is 2.40. The van der Waals surface area contributed by atoms with Crippen LogP contribution in [0, 0.1) is 5.41 Å². The molecule has 0 spiro atoms. The summed E-state index contributed by atoms with van der Waals surface area (Å²) in [5.41, 5.74) is 1.04. The van der Waals surface area contributed by atoms with E-state index in [0.717, 1.165) is 37.7 Å². The molecule has 1 amide bonds. The number of nitrogens with one attached hydrogen (secondary N) is 1. The molecule has 1 aromatic carbocycles. The zero-order valence-corrected chi connectivity index (χ0v) is 14.3. The molecule has 2 N–H and O–H groups in total.